The Labute approximate surface area is 129 Å². The van der Waals surface area contributed by atoms with E-state index in [9.17, 15) is 0 Å². The normalized spacial score (nSPS) is 13.1. The maximum absolute atomic E-state index is 5.54. The molecule has 0 spiro atoms. The molecule has 0 amide bonds. The number of hydrogen-bond donors (Lipinski definition) is 1. The summed E-state index contributed by atoms with van der Waals surface area (Å²) >= 11 is 0. The standard InChI is InChI=1S/C16H32N4O/c1-7-8-9-14(18-13(2)3)16-15(21-6)12-17-20(16)11-10-19(4)5/h12-14,18H,7-11H2,1-6H3. The Hall–Kier alpha value is -1.07. The van der Waals surface area contributed by atoms with Crippen molar-refractivity contribution in [2.45, 2.75) is 58.7 Å². The highest BCUT2D eigenvalue weighted by Gasteiger charge is 2.22. The van der Waals surface area contributed by atoms with Gasteiger partial charge in [0.25, 0.3) is 0 Å². The van der Waals surface area contributed by atoms with E-state index in [0.717, 1.165) is 25.3 Å². The fourth-order valence-electron chi connectivity index (χ4n) is 2.47. The Kier molecular flexibility index (Phi) is 7.75. The number of unbranched alkanes of at least 4 members (excludes halogenated alkanes) is 1. The number of nitrogens with zero attached hydrogens (tertiary/aromatic N) is 3. The van der Waals surface area contributed by atoms with Crippen LogP contribution in [0.1, 0.15) is 51.8 Å². The molecule has 0 aromatic carbocycles. The number of methoxy groups -OCH3 is 1. The fourth-order valence-corrected chi connectivity index (χ4v) is 2.47. The summed E-state index contributed by atoms with van der Waals surface area (Å²) in [7, 11) is 5.89. The van der Waals surface area contributed by atoms with Gasteiger partial charge in [0, 0.05) is 12.6 Å². The molecule has 0 saturated heterocycles. The molecule has 122 valence electrons. The van der Waals surface area contributed by atoms with Gasteiger partial charge in [-0.15, -0.1) is 0 Å². The molecule has 1 N–H and O–H groups in total. The molecule has 5 heteroatoms. The average molecular weight is 296 g/mol. The van der Waals surface area contributed by atoms with Gasteiger partial charge in [0.05, 0.1) is 31.6 Å². The molecular weight excluding hydrogens is 264 g/mol. The predicted molar refractivity (Wildman–Crippen MR) is 87.9 cm³/mol. The largest absolute Gasteiger partial charge is 0.493 e. The Morgan fingerprint density at radius 2 is 2.10 bits per heavy atom. The van der Waals surface area contributed by atoms with Crippen LogP contribution < -0.4 is 10.1 Å². The van der Waals surface area contributed by atoms with Crippen LogP contribution in [-0.2, 0) is 6.54 Å². The van der Waals surface area contributed by atoms with E-state index in [2.05, 4.69) is 54.9 Å². The Morgan fingerprint density at radius 1 is 1.38 bits per heavy atom. The first-order valence-corrected chi connectivity index (χ1v) is 8.00. The monoisotopic (exact) mass is 296 g/mol. The van der Waals surface area contributed by atoms with E-state index in [0.29, 0.717) is 12.1 Å². The molecule has 1 heterocycles. The summed E-state index contributed by atoms with van der Waals surface area (Å²) in [6, 6.07) is 0.735. The molecule has 0 saturated carbocycles. The zero-order valence-electron chi connectivity index (χ0n) is 14.5. The van der Waals surface area contributed by atoms with Crippen molar-refractivity contribution in [3.05, 3.63) is 11.9 Å². The first kappa shape index (κ1) is 18.0. The van der Waals surface area contributed by atoms with E-state index in [1.807, 2.05) is 6.20 Å². The van der Waals surface area contributed by atoms with Gasteiger partial charge in [-0.2, -0.15) is 5.10 Å². The second-order valence-corrected chi connectivity index (χ2v) is 6.14. The van der Waals surface area contributed by atoms with E-state index in [4.69, 9.17) is 4.74 Å². The van der Waals surface area contributed by atoms with Gasteiger partial charge < -0.3 is 15.0 Å². The molecule has 5 nitrogen and oxygen atoms in total. The smallest absolute Gasteiger partial charge is 0.161 e. The van der Waals surface area contributed by atoms with E-state index < -0.39 is 0 Å². The van der Waals surface area contributed by atoms with Crippen LogP contribution >= 0.6 is 0 Å². The maximum Gasteiger partial charge on any atom is 0.161 e. The van der Waals surface area contributed by atoms with Crippen LogP contribution in [0.25, 0.3) is 0 Å². The van der Waals surface area contributed by atoms with E-state index in [1.165, 1.54) is 18.5 Å². The molecule has 1 rings (SSSR count). The molecule has 0 aliphatic carbocycles. The van der Waals surface area contributed by atoms with Crippen molar-refractivity contribution in [1.82, 2.24) is 20.0 Å². The highest BCUT2D eigenvalue weighted by Crippen LogP contribution is 2.29. The number of likely N-dealkylation sites (N-methyl/N-ethyl adjacent to an activating group) is 1. The summed E-state index contributed by atoms with van der Waals surface area (Å²) in [5.74, 6) is 0.892. The lowest BCUT2D eigenvalue weighted by Crippen LogP contribution is -2.31. The van der Waals surface area contributed by atoms with Gasteiger partial charge >= 0.3 is 0 Å². The minimum Gasteiger partial charge on any atom is -0.493 e. The summed E-state index contributed by atoms with van der Waals surface area (Å²) in [4.78, 5) is 2.18. The van der Waals surface area contributed by atoms with Gasteiger partial charge in [0.1, 0.15) is 0 Å². The molecule has 1 aromatic heterocycles. The summed E-state index contributed by atoms with van der Waals surface area (Å²) in [6.07, 6.45) is 5.35. The first-order valence-electron chi connectivity index (χ1n) is 8.00. The third-order valence-electron chi connectivity index (χ3n) is 3.53. The molecule has 0 aliphatic rings. The van der Waals surface area contributed by atoms with E-state index in [-0.39, 0.29) is 0 Å². The molecule has 0 bridgehead atoms. The van der Waals surface area contributed by atoms with Crippen molar-refractivity contribution in [1.29, 1.82) is 0 Å². The minimum atomic E-state index is 0.296. The first-order chi connectivity index (χ1) is 9.99. The van der Waals surface area contributed by atoms with E-state index >= 15 is 0 Å². The summed E-state index contributed by atoms with van der Waals surface area (Å²) < 4.78 is 7.63. The zero-order chi connectivity index (χ0) is 15.8. The molecule has 1 aromatic rings. The van der Waals surface area contributed by atoms with Crippen LogP contribution in [0.2, 0.25) is 0 Å². The third-order valence-corrected chi connectivity index (χ3v) is 3.53. The molecule has 1 unspecified atom stereocenters. The van der Waals surface area contributed by atoms with Crippen molar-refractivity contribution in [2.24, 2.45) is 0 Å². The number of nitrogens with one attached hydrogen (secondary N) is 1. The molecule has 0 fully saturated rings. The topological polar surface area (TPSA) is 42.3 Å². The lowest BCUT2D eigenvalue weighted by molar-refractivity contribution is 0.342. The number of ether oxygens (including phenoxy) is 1. The summed E-state index contributed by atoms with van der Waals surface area (Å²) in [5.41, 5.74) is 1.18. The van der Waals surface area contributed by atoms with Gasteiger partial charge in [0.15, 0.2) is 5.75 Å². The maximum atomic E-state index is 5.54. The van der Waals surface area contributed by atoms with Gasteiger partial charge in [-0.1, -0.05) is 33.6 Å². The van der Waals surface area contributed by atoms with Crippen LogP contribution in [0.5, 0.6) is 5.75 Å². The molecule has 21 heavy (non-hydrogen) atoms. The SMILES string of the molecule is CCCCC(NC(C)C)c1c(OC)cnn1CCN(C)C. The van der Waals surface area contributed by atoms with Gasteiger partial charge in [0.2, 0.25) is 0 Å². The van der Waals surface area contributed by atoms with Crippen molar-refractivity contribution in [3.8, 4) is 5.75 Å². The van der Waals surface area contributed by atoms with Crippen molar-refractivity contribution < 1.29 is 4.74 Å². The quantitative estimate of drug-likeness (QED) is 0.721. The Balaban J connectivity index is 2.98. The predicted octanol–water partition coefficient (Wildman–Crippen LogP) is 2.68. The fraction of sp³-hybridized carbons (Fsp3) is 0.812. The Morgan fingerprint density at radius 3 is 2.62 bits per heavy atom. The van der Waals surface area contributed by atoms with Crippen molar-refractivity contribution >= 4 is 0 Å². The third kappa shape index (κ3) is 5.67. The van der Waals surface area contributed by atoms with Crippen molar-refractivity contribution in [3.63, 3.8) is 0 Å². The lowest BCUT2D eigenvalue weighted by Gasteiger charge is -2.24. The second-order valence-electron chi connectivity index (χ2n) is 6.14. The van der Waals surface area contributed by atoms with Gasteiger partial charge in [-0.05, 0) is 20.5 Å². The second kappa shape index (κ2) is 9.05. The van der Waals surface area contributed by atoms with Crippen LogP contribution in [0.4, 0.5) is 0 Å². The number of aromatic nitrogens is 2. The Bertz CT molecular complexity index is 401. The van der Waals surface area contributed by atoms with Crippen molar-refractivity contribution in [2.75, 3.05) is 27.7 Å². The highest BCUT2D eigenvalue weighted by atomic mass is 16.5. The van der Waals surface area contributed by atoms with Crippen LogP contribution in [-0.4, -0.2) is 48.5 Å². The average Bonchev–Trinajstić information content (AvgIpc) is 2.83. The van der Waals surface area contributed by atoms with Gasteiger partial charge in [-0.3, -0.25) is 4.68 Å². The number of hydrogen-bond acceptors (Lipinski definition) is 4. The number of rotatable bonds is 10. The van der Waals surface area contributed by atoms with Crippen LogP contribution in [0.3, 0.4) is 0 Å². The van der Waals surface area contributed by atoms with Crippen LogP contribution in [0, 0.1) is 0 Å². The molecule has 0 aliphatic heterocycles. The molecule has 1 atom stereocenters. The summed E-state index contributed by atoms with van der Waals surface area (Å²) in [5, 5.41) is 8.19. The molecule has 0 radical (unpaired) electrons. The highest BCUT2D eigenvalue weighted by molar-refractivity contribution is 5.28. The van der Waals surface area contributed by atoms with E-state index in [1.54, 1.807) is 7.11 Å². The molecular formula is C16H32N4O. The van der Waals surface area contributed by atoms with Gasteiger partial charge in [-0.25, -0.2) is 0 Å². The lowest BCUT2D eigenvalue weighted by atomic mass is 10.0. The van der Waals surface area contributed by atoms with Crippen LogP contribution in [0.15, 0.2) is 6.20 Å². The zero-order valence-corrected chi connectivity index (χ0v) is 14.5. The summed E-state index contributed by atoms with van der Waals surface area (Å²) in [6.45, 7) is 8.46. The minimum absolute atomic E-state index is 0.296.